The van der Waals surface area contributed by atoms with Crippen LogP contribution in [-0.2, 0) is 4.79 Å². The molecule has 2 aromatic rings. The Bertz CT molecular complexity index is 710. The van der Waals surface area contributed by atoms with Crippen LogP contribution in [-0.4, -0.2) is 15.8 Å². The number of carbonyl (C=O) groups is 1. The number of benzene rings is 1. The molecule has 0 spiro atoms. The van der Waals surface area contributed by atoms with Crippen molar-refractivity contribution >= 4 is 34.0 Å². The van der Waals surface area contributed by atoms with Gasteiger partial charge in [0.05, 0.1) is 11.0 Å². The Labute approximate surface area is 123 Å². The van der Waals surface area contributed by atoms with Crippen molar-refractivity contribution in [2.24, 2.45) is 5.41 Å². The smallest absolute Gasteiger partial charge is 0.157 e. The fraction of sp³-hybridized carbons (Fsp3) is 0.375. The van der Waals surface area contributed by atoms with Crippen molar-refractivity contribution in [3.8, 4) is 0 Å². The van der Waals surface area contributed by atoms with Crippen LogP contribution in [0.5, 0.6) is 0 Å². The summed E-state index contributed by atoms with van der Waals surface area (Å²) in [5.74, 6) is 0.999. The first kappa shape index (κ1) is 13.4. The molecule has 1 heterocycles. The number of aromatic nitrogens is 2. The molecular formula is C16H17ClN2O. The lowest BCUT2D eigenvalue weighted by atomic mass is 9.76. The van der Waals surface area contributed by atoms with Crippen molar-refractivity contribution < 1.29 is 4.79 Å². The zero-order chi connectivity index (χ0) is 14.3. The molecule has 3 nitrogen and oxygen atoms in total. The summed E-state index contributed by atoms with van der Waals surface area (Å²) in [5.41, 5.74) is 2.76. The number of carbonyl (C=O) groups excluding carboxylic acids is 1. The zero-order valence-corrected chi connectivity index (χ0v) is 12.4. The first-order valence-corrected chi connectivity index (χ1v) is 7.36. The minimum Gasteiger partial charge on any atom is -0.338 e. The number of ketones is 1. The molecule has 0 bridgehead atoms. The molecule has 0 amide bonds. The Balaban J connectivity index is 2.13. The van der Waals surface area contributed by atoms with E-state index < -0.39 is 0 Å². The topological polar surface area (TPSA) is 45.8 Å². The van der Waals surface area contributed by atoms with Gasteiger partial charge in [-0.1, -0.05) is 25.4 Å². The summed E-state index contributed by atoms with van der Waals surface area (Å²) < 4.78 is 0. The summed E-state index contributed by atoms with van der Waals surface area (Å²) in [4.78, 5) is 19.8. The average molecular weight is 289 g/mol. The molecule has 4 heteroatoms. The molecule has 0 atom stereocenters. The third-order valence-corrected chi connectivity index (χ3v) is 4.68. The SMILES string of the molecule is CCC1(CC)CC(=O)C=C1c1nc2ccc(Cl)cc2[nH]1. The standard InChI is InChI=1S/C16H17ClN2O/c1-3-16(4-2)9-11(20)8-12(16)15-18-13-6-5-10(17)7-14(13)19-15/h5-8H,3-4,9H2,1-2H3,(H,18,19). The van der Waals surface area contributed by atoms with Gasteiger partial charge in [0.2, 0.25) is 0 Å². The van der Waals surface area contributed by atoms with Crippen LogP contribution in [0.2, 0.25) is 5.02 Å². The van der Waals surface area contributed by atoms with Gasteiger partial charge in [-0.3, -0.25) is 4.79 Å². The normalized spacial score (nSPS) is 17.8. The van der Waals surface area contributed by atoms with E-state index in [1.807, 2.05) is 18.2 Å². The molecule has 0 fully saturated rings. The Morgan fingerprint density at radius 2 is 2.10 bits per heavy atom. The van der Waals surface area contributed by atoms with Gasteiger partial charge < -0.3 is 4.98 Å². The van der Waals surface area contributed by atoms with E-state index in [9.17, 15) is 4.79 Å². The maximum absolute atomic E-state index is 11.9. The van der Waals surface area contributed by atoms with Crippen molar-refractivity contribution in [1.82, 2.24) is 9.97 Å². The van der Waals surface area contributed by atoms with Gasteiger partial charge in [-0.05, 0) is 37.1 Å². The minimum atomic E-state index is -0.0746. The molecule has 20 heavy (non-hydrogen) atoms. The Hall–Kier alpha value is -1.61. The van der Waals surface area contributed by atoms with E-state index in [2.05, 4.69) is 23.8 Å². The third kappa shape index (κ3) is 1.97. The van der Waals surface area contributed by atoms with E-state index >= 15 is 0 Å². The van der Waals surface area contributed by atoms with Gasteiger partial charge >= 0.3 is 0 Å². The van der Waals surface area contributed by atoms with Crippen LogP contribution in [0.25, 0.3) is 16.6 Å². The highest BCUT2D eigenvalue weighted by Crippen LogP contribution is 2.47. The van der Waals surface area contributed by atoms with Crippen molar-refractivity contribution in [3.05, 3.63) is 35.1 Å². The van der Waals surface area contributed by atoms with Gasteiger partial charge in [0.15, 0.2) is 5.78 Å². The highest BCUT2D eigenvalue weighted by atomic mass is 35.5. The van der Waals surface area contributed by atoms with Gasteiger partial charge in [0.25, 0.3) is 0 Å². The Kier molecular flexibility index (Phi) is 3.17. The maximum Gasteiger partial charge on any atom is 0.157 e. The summed E-state index contributed by atoms with van der Waals surface area (Å²) in [6.45, 7) is 4.27. The lowest BCUT2D eigenvalue weighted by Gasteiger charge is -2.28. The summed E-state index contributed by atoms with van der Waals surface area (Å²) in [6, 6.07) is 5.59. The molecule has 0 saturated carbocycles. The number of nitrogens with zero attached hydrogens (tertiary/aromatic N) is 1. The molecule has 0 saturated heterocycles. The molecular weight excluding hydrogens is 272 g/mol. The molecule has 1 aromatic heterocycles. The number of imidazole rings is 1. The number of allylic oxidation sites excluding steroid dienone is 2. The largest absolute Gasteiger partial charge is 0.338 e. The second kappa shape index (κ2) is 4.74. The first-order chi connectivity index (χ1) is 9.58. The number of rotatable bonds is 3. The molecule has 1 N–H and O–H groups in total. The predicted molar refractivity (Wildman–Crippen MR) is 81.7 cm³/mol. The van der Waals surface area contributed by atoms with Crippen LogP contribution >= 0.6 is 11.6 Å². The van der Waals surface area contributed by atoms with E-state index in [0.29, 0.717) is 11.4 Å². The van der Waals surface area contributed by atoms with Gasteiger partial charge in [0.1, 0.15) is 5.82 Å². The minimum absolute atomic E-state index is 0.0746. The summed E-state index contributed by atoms with van der Waals surface area (Å²) >= 11 is 6.00. The van der Waals surface area contributed by atoms with Crippen LogP contribution in [0.3, 0.4) is 0 Å². The number of H-pyrrole nitrogens is 1. The van der Waals surface area contributed by atoms with Gasteiger partial charge in [0, 0.05) is 22.4 Å². The van der Waals surface area contributed by atoms with Crippen molar-refractivity contribution in [3.63, 3.8) is 0 Å². The maximum atomic E-state index is 11.9. The Morgan fingerprint density at radius 3 is 2.80 bits per heavy atom. The van der Waals surface area contributed by atoms with Crippen molar-refractivity contribution in [2.45, 2.75) is 33.1 Å². The van der Waals surface area contributed by atoms with Crippen LogP contribution in [0.15, 0.2) is 24.3 Å². The first-order valence-electron chi connectivity index (χ1n) is 6.98. The van der Waals surface area contributed by atoms with Crippen LogP contribution in [0.1, 0.15) is 38.9 Å². The van der Waals surface area contributed by atoms with Gasteiger partial charge in [-0.2, -0.15) is 0 Å². The molecule has 1 aliphatic carbocycles. The summed E-state index contributed by atoms with van der Waals surface area (Å²) in [7, 11) is 0. The highest BCUT2D eigenvalue weighted by molar-refractivity contribution is 6.31. The van der Waals surface area contributed by atoms with Gasteiger partial charge in [-0.25, -0.2) is 4.98 Å². The van der Waals surface area contributed by atoms with Crippen molar-refractivity contribution in [2.75, 3.05) is 0 Å². The second-order valence-corrected chi connectivity index (χ2v) is 5.87. The number of aromatic amines is 1. The lowest BCUT2D eigenvalue weighted by Crippen LogP contribution is -2.19. The monoisotopic (exact) mass is 288 g/mol. The van der Waals surface area contributed by atoms with Gasteiger partial charge in [-0.15, -0.1) is 0 Å². The molecule has 1 aromatic carbocycles. The van der Waals surface area contributed by atoms with E-state index in [1.54, 1.807) is 6.08 Å². The summed E-state index contributed by atoms with van der Waals surface area (Å²) in [6.07, 6.45) is 4.23. The highest BCUT2D eigenvalue weighted by Gasteiger charge is 2.39. The van der Waals surface area contributed by atoms with E-state index in [4.69, 9.17) is 11.6 Å². The lowest BCUT2D eigenvalue weighted by molar-refractivity contribution is -0.115. The van der Waals surface area contributed by atoms with E-state index in [0.717, 1.165) is 35.3 Å². The van der Waals surface area contributed by atoms with E-state index in [1.165, 1.54) is 0 Å². The number of hydrogen-bond acceptors (Lipinski definition) is 2. The Morgan fingerprint density at radius 1 is 1.35 bits per heavy atom. The molecule has 3 rings (SSSR count). The molecule has 1 aliphatic rings. The van der Waals surface area contributed by atoms with Crippen LogP contribution < -0.4 is 0 Å². The zero-order valence-electron chi connectivity index (χ0n) is 11.7. The quantitative estimate of drug-likeness (QED) is 0.911. The van der Waals surface area contributed by atoms with Crippen molar-refractivity contribution in [1.29, 1.82) is 0 Å². The fourth-order valence-corrected chi connectivity index (χ4v) is 3.28. The van der Waals surface area contributed by atoms with E-state index in [-0.39, 0.29) is 11.2 Å². The van der Waals surface area contributed by atoms with Crippen LogP contribution in [0.4, 0.5) is 0 Å². The second-order valence-electron chi connectivity index (χ2n) is 5.44. The average Bonchev–Trinajstić information content (AvgIpc) is 2.99. The number of halogens is 1. The van der Waals surface area contributed by atoms with Crippen LogP contribution in [0, 0.1) is 5.41 Å². The molecule has 104 valence electrons. The number of hydrogen-bond donors (Lipinski definition) is 1. The summed E-state index contributed by atoms with van der Waals surface area (Å²) in [5, 5.41) is 0.682. The predicted octanol–water partition coefficient (Wildman–Crippen LogP) is 4.38. The number of fused-ring (bicyclic) bond motifs is 1. The third-order valence-electron chi connectivity index (χ3n) is 4.44. The molecule has 0 aliphatic heterocycles. The molecule has 0 unspecified atom stereocenters. The number of nitrogens with one attached hydrogen (secondary N) is 1. The fourth-order valence-electron chi connectivity index (χ4n) is 3.10. The molecule has 0 radical (unpaired) electrons.